The minimum atomic E-state index is 0.410. The predicted molar refractivity (Wildman–Crippen MR) is 104 cm³/mol. The second kappa shape index (κ2) is 7.20. The van der Waals surface area contributed by atoms with Crippen LogP contribution < -0.4 is 0 Å². The molecule has 1 aliphatic heterocycles. The van der Waals surface area contributed by atoms with E-state index in [-0.39, 0.29) is 0 Å². The molecular weight excluding hydrogens is 290 g/mol. The second-order valence-corrected chi connectivity index (χ2v) is 8.19. The highest BCUT2D eigenvalue weighted by atomic mass is 15.3. The highest BCUT2D eigenvalue weighted by Gasteiger charge is 2.62. The first-order chi connectivity index (χ1) is 11.7. The van der Waals surface area contributed by atoms with E-state index >= 15 is 0 Å². The van der Waals surface area contributed by atoms with Gasteiger partial charge in [-0.15, -0.1) is 0 Å². The normalized spacial score (nSPS) is 28.7. The Morgan fingerprint density at radius 2 is 1.25 bits per heavy atom. The van der Waals surface area contributed by atoms with Crippen LogP contribution in [0.1, 0.15) is 84.6 Å². The largest absolute Gasteiger partial charge is 0.287 e. The Balaban J connectivity index is 2.07. The van der Waals surface area contributed by atoms with E-state index in [4.69, 9.17) is 0 Å². The molecule has 0 aromatic heterocycles. The van der Waals surface area contributed by atoms with Gasteiger partial charge in [0, 0.05) is 17.6 Å². The number of rotatable bonds is 6. The average Bonchev–Trinajstić information content (AvgIpc) is 2.89. The average molecular weight is 328 g/mol. The Morgan fingerprint density at radius 3 is 1.67 bits per heavy atom. The van der Waals surface area contributed by atoms with Gasteiger partial charge >= 0.3 is 0 Å². The summed E-state index contributed by atoms with van der Waals surface area (Å²) in [4.78, 5) is 3.01. The topological polar surface area (TPSA) is 3.24 Å². The van der Waals surface area contributed by atoms with Crippen LogP contribution in [0, 0.1) is 11.8 Å². The van der Waals surface area contributed by atoms with Crippen molar-refractivity contribution in [3.05, 3.63) is 35.9 Å². The molecule has 0 amide bonds. The van der Waals surface area contributed by atoms with Gasteiger partial charge in [0.05, 0.1) is 0 Å². The van der Waals surface area contributed by atoms with Crippen LogP contribution in [0.25, 0.3) is 0 Å². The summed E-state index contributed by atoms with van der Waals surface area (Å²) < 4.78 is 0. The number of nitrogens with zero attached hydrogens (tertiary/aromatic N) is 1. The Morgan fingerprint density at radius 1 is 0.792 bits per heavy atom. The fourth-order valence-electron chi connectivity index (χ4n) is 6.65. The molecule has 0 spiro atoms. The number of benzene rings is 1. The van der Waals surface area contributed by atoms with Gasteiger partial charge in [0.1, 0.15) is 0 Å². The molecule has 2 aliphatic rings. The summed E-state index contributed by atoms with van der Waals surface area (Å²) in [7, 11) is 0. The van der Waals surface area contributed by atoms with Gasteiger partial charge in [0.2, 0.25) is 0 Å². The summed E-state index contributed by atoms with van der Waals surface area (Å²) in [5, 5.41) is 0. The van der Waals surface area contributed by atoms with Crippen molar-refractivity contribution in [1.82, 2.24) is 4.90 Å². The van der Waals surface area contributed by atoms with Gasteiger partial charge in [0.15, 0.2) is 0 Å². The van der Waals surface area contributed by atoms with E-state index in [1.807, 2.05) is 0 Å². The van der Waals surface area contributed by atoms with E-state index in [1.54, 1.807) is 0 Å². The number of fused-ring (bicyclic) bond motifs is 1. The predicted octanol–water partition coefficient (Wildman–Crippen LogP) is 6.43. The minimum Gasteiger partial charge on any atom is -0.287 e. The summed E-state index contributed by atoms with van der Waals surface area (Å²) in [6.07, 6.45) is 11.0. The molecule has 1 heterocycles. The van der Waals surface area contributed by atoms with Gasteiger partial charge in [-0.1, -0.05) is 70.9 Å². The molecule has 1 nitrogen and oxygen atoms in total. The van der Waals surface area contributed by atoms with Crippen molar-refractivity contribution >= 4 is 0 Å². The van der Waals surface area contributed by atoms with E-state index < -0.39 is 0 Å². The molecule has 1 saturated heterocycles. The lowest BCUT2D eigenvalue weighted by Crippen LogP contribution is -2.54. The van der Waals surface area contributed by atoms with E-state index in [9.17, 15) is 0 Å². The summed E-state index contributed by atoms with van der Waals surface area (Å²) in [6, 6.07) is 11.2. The number of likely N-dealkylation sites (tertiary alicyclic amines) is 1. The third-order valence-corrected chi connectivity index (χ3v) is 7.85. The van der Waals surface area contributed by atoms with Crippen molar-refractivity contribution in [3.8, 4) is 0 Å². The van der Waals surface area contributed by atoms with Crippen LogP contribution in [-0.2, 0) is 6.54 Å². The standard InChI is InChI=1S/C23H37N/c1-5-22(6-2)20-16-12-13-17-21(20)23(7-3,8-4)24(22)18-19-14-10-9-11-15-19/h9-11,14-15,20-21H,5-8,12-13,16-18H2,1-4H3. The van der Waals surface area contributed by atoms with Crippen molar-refractivity contribution in [3.63, 3.8) is 0 Å². The van der Waals surface area contributed by atoms with Crippen LogP contribution in [-0.4, -0.2) is 16.0 Å². The zero-order valence-corrected chi connectivity index (χ0v) is 16.4. The first-order valence-electron chi connectivity index (χ1n) is 10.5. The molecule has 0 radical (unpaired) electrons. The molecule has 24 heavy (non-hydrogen) atoms. The lowest BCUT2D eigenvalue weighted by atomic mass is 9.65. The smallest absolute Gasteiger partial charge is 0.0245 e. The maximum Gasteiger partial charge on any atom is 0.0245 e. The lowest BCUT2D eigenvalue weighted by molar-refractivity contribution is -0.00123. The first-order valence-corrected chi connectivity index (χ1v) is 10.5. The van der Waals surface area contributed by atoms with E-state index in [0.29, 0.717) is 11.1 Å². The number of hydrogen-bond donors (Lipinski definition) is 0. The summed E-state index contributed by atoms with van der Waals surface area (Å²) in [5.74, 6) is 1.81. The fraction of sp³-hybridized carbons (Fsp3) is 0.739. The summed E-state index contributed by atoms with van der Waals surface area (Å²) in [6.45, 7) is 10.9. The van der Waals surface area contributed by atoms with Crippen LogP contribution >= 0.6 is 0 Å². The highest BCUT2D eigenvalue weighted by Crippen LogP contribution is 2.60. The molecule has 1 heteroatoms. The molecule has 2 fully saturated rings. The molecule has 1 saturated carbocycles. The fourth-order valence-corrected chi connectivity index (χ4v) is 6.65. The zero-order chi connectivity index (χ0) is 17.2. The molecule has 2 atom stereocenters. The van der Waals surface area contributed by atoms with E-state index in [2.05, 4.69) is 62.9 Å². The Labute approximate surface area is 149 Å². The molecule has 1 aliphatic carbocycles. The molecule has 3 rings (SSSR count). The second-order valence-electron chi connectivity index (χ2n) is 8.19. The molecule has 1 aromatic carbocycles. The maximum atomic E-state index is 3.01. The van der Waals surface area contributed by atoms with Gasteiger partial charge in [-0.3, -0.25) is 4.90 Å². The van der Waals surface area contributed by atoms with E-state index in [1.165, 1.54) is 56.9 Å². The van der Waals surface area contributed by atoms with Crippen molar-refractivity contribution in [1.29, 1.82) is 0 Å². The van der Waals surface area contributed by atoms with Gasteiger partial charge in [0.25, 0.3) is 0 Å². The third kappa shape index (κ3) is 2.55. The van der Waals surface area contributed by atoms with Gasteiger partial charge < -0.3 is 0 Å². The van der Waals surface area contributed by atoms with Crippen LogP contribution in [0.15, 0.2) is 30.3 Å². The lowest BCUT2D eigenvalue weighted by Gasteiger charge is -2.48. The van der Waals surface area contributed by atoms with Crippen LogP contribution in [0.4, 0.5) is 0 Å². The monoisotopic (exact) mass is 327 g/mol. The third-order valence-electron chi connectivity index (χ3n) is 7.85. The Bertz CT molecular complexity index is 484. The molecule has 0 bridgehead atoms. The zero-order valence-electron chi connectivity index (χ0n) is 16.4. The van der Waals surface area contributed by atoms with Crippen LogP contribution in [0.5, 0.6) is 0 Å². The Hall–Kier alpha value is -0.820. The van der Waals surface area contributed by atoms with Crippen molar-refractivity contribution in [2.75, 3.05) is 0 Å². The van der Waals surface area contributed by atoms with Crippen molar-refractivity contribution in [2.24, 2.45) is 11.8 Å². The SMILES string of the molecule is CCC1(CC)C2CCCCC2C(CC)(CC)N1Cc1ccccc1. The molecule has 2 unspecified atom stereocenters. The highest BCUT2D eigenvalue weighted by molar-refractivity contribution is 5.21. The summed E-state index contributed by atoms with van der Waals surface area (Å²) in [5.41, 5.74) is 2.31. The molecule has 0 N–H and O–H groups in total. The quantitative estimate of drug-likeness (QED) is 0.582. The molecule has 1 aromatic rings. The molecule has 134 valence electrons. The number of hydrogen-bond acceptors (Lipinski definition) is 1. The van der Waals surface area contributed by atoms with E-state index in [0.717, 1.165) is 18.4 Å². The van der Waals surface area contributed by atoms with Gasteiger partial charge in [-0.25, -0.2) is 0 Å². The molecular formula is C23H37N. The van der Waals surface area contributed by atoms with Gasteiger partial charge in [-0.05, 0) is 55.9 Å². The summed E-state index contributed by atoms with van der Waals surface area (Å²) >= 11 is 0. The van der Waals surface area contributed by atoms with Gasteiger partial charge in [-0.2, -0.15) is 0 Å². The maximum absolute atomic E-state index is 3.01. The van der Waals surface area contributed by atoms with Crippen LogP contribution in [0.2, 0.25) is 0 Å². The van der Waals surface area contributed by atoms with Crippen LogP contribution in [0.3, 0.4) is 0 Å². The van der Waals surface area contributed by atoms with Crippen molar-refractivity contribution in [2.45, 2.75) is 96.7 Å². The van der Waals surface area contributed by atoms with Crippen molar-refractivity contribution < 1.29 is 0 Å². The minimum absolute atomic E-state index is 0.410. The first kappa shape index (κ1) is 18.0. The Kier molecular flexibility index (Phi) is 5.39.